The quantitative estimate of drug-likeness (QED) is 0.767. The van der Waals surface area contributed by atoms with Crippen LogP contribution in [0.4, 0.5) is 5.95 Å². The van der Waals surface area contributed by atoms with Crippen molar-refractivity contribution in [1.29, 1.82) is 0 Å². The number of amides is 1. The average molecular weight is 322 g/mol. The molecule has 0 spiro atoms. The van der Waals surface area contributed by atoms with Crippen LogP contribution in [-0.2, 0) is 0 Å². The van der Waals surface area contributed by atoms with Gasteiger partial charge in [-0.05, 0) is 25.0 Å². The summed E-state index contributed by atoms with van der Waals surface area (Å²) in [5.74, 6) is 0.698. The molecule has 1 aliphatic rings. The van der Waals surface area contributed by atoms with Crippen molar-refractivity contribution < 1.29 is 4.79 Å². The van der Waals surface area contributed by atoms with E-state index in [1.54, 1.807) is 18.6 Å². The number of aromatic nitrogens is 4. The van der Waals surface area contributed by atoms with Gasteiger partial charge in [0.05, 0.1) is 17.3 Å². The third kappa shape index (κ3) is 2.80. The molecule has 122 valence electrons. The maximum absolute atomic E-state index is 12.6. The van der Waals surface area contributed by atoms with Crippen LogP contribution >= 0.6 is 0 Å². The van der Waals surface area contributed by atoms with E-state index in [9.17, 15) is 4.79 Å². The Hall–Kier alpha value is -2.96. The number of hydrogen-bond donors (Lipinski definition) is 2. The molecule has 1 aliphatic heterocycles. The number of carbonyl (C=O) groups is 1. The summed E-state index contributed by atoms with van der Waals surface area (Å²) < 4.78 is 0. The van der Waals surface area contributed by atoms with Gasteiger partial charge in [-0.3, -0.25) is 9.89 Å². The number of fused-ring (bicyclic) bond motifs is 1. The Balaban J connectivity index is 1.40. The molecular formula is C17H18N6O. The lowest BCUT2D eigenvalue weighted by molar-refractivity contribution is 0.0932. The van der Waals surface area contributed by atoms with Gasteiger partial charge in [-0.2, -0.15) is 5.10 Å². The van der Waals surface area contributed by atoms with E-state index in [1.807, 2.05) is 24.3 Å². The molecule has 0 radical (unpaired) electrons. The number of nitrogens with one attached hydrogen (secondary N) is 2. The molecule has 0 atom stereocenters. The van der Waals surface area contributed by atoms with E-state index in [2.05, 4.69) is 30.4 Å². The maximum atomic E-state index is 12.6. The van der Waals surface area contributed by atoms with E-state index in [4.69, 9.17) is 0 Å². The van der Waals surface area contributed by atoms with Crippen molar-refractivity contribution in [3.05, 3.63) is 48.4 Å². The predicted molar refractivity (Wildman–Crippen MR) is 90.8 cm³/mol. The van der Waals surface area contributed by atoms with Crippen LogP contribution in [0.15, 0.2) is 42.9 Å². The topological polar surface area (TPSA) is 86.8 Å². The first-order chi connectivity index (χ1) is 11.8. The summed E-state index contributed by atoms with van der Waals surface area (Å²) in [6.07, 6.45) is 6.98. The number of benzene rings is 1. The molecule has 1 amide bonds. The normalized spacial score (nSPS) is 15.6. The zero-order valence-electron chi connectivity index (χ0n) is 13.1. The molecule has 4 rings (SSSR count). The first-order valence-corrected chi connectivity index (χ1v) is 8.06. The van der Waals surface area contributed by atoms with E-state index in [0.29, 0.717) is 5.56 Å². The highest BCUT2D eigenvalue weighted by molar-refractivity contribution is 6.05. The van der Waals surface area contributed by atoms with Crippen molar-refractivity contribution in [3.8, 4) is 0 Å². The van der Waals surface area contributed by atoms with Crippen molar-refractivity contribution in [3.63, 3.8) is 0 Å². The molecule has 0 bridgehead atoms. The van der Waals surface area contributed by atoms with E-state index < -0.39 is 0 Å². The second-order valence-electron chi connectivity index (χ2n) is 5.92. The summed E-state index contributed by atoms with van der Waals surface area (Å²) in [7, 11) is 0. The standard InChI is InChI=1S/C17H18N6O/c24-16(14-4-1-3-12-11-20-22-15(12)14)21-13-5-9-23(10-6-13)17-18-7-2-8-19-17/h1-4,7-8,11,13H,5-6,9-10H2,(H,20,22)(H,21,24). The van der Waals surface area contributed by atoms with Crippen molar-refractivity contribution >= 4 is 22.8 Å². The van der Waals surface area contributed by atoms with Crippen LogP contribution in [0, 0.1) is 0 Å². The molecule has 0 saturated carbocycles. The Morgan fingerprint density at radius 2 is 1.96 bits per heavy atom. The molecule has 7 heteroatoms. The average Bonchev–Trinajstić information content (AvgIpc) is 3.12. The number of rotatable bonds is 3. The Labute approximate surface area is 139 Å². The number of H-pyrrole nitrogens is 1. The fraction of sp³-hybridized carbons (Fsp3) is 0.294. The molecule has 0 aliphatic carbocycles. The molecule has 3 heterocycles. The fourth-order valence-electron chi connectivity index (χ4n) is 3.10. The van der Waals surface area contributed by atoms with Gasteiger partial charge in [0.15, 0.2) is 0 Å². The van der Waals surface area contributed by atoms with Gasteiger partial charge in [-0.1, -0.05) is 12.1 Å². The highest BCUT2D eigenvalue weighted by atomic mass is 16.1. The largest absolute Gasteiger partial charge is 0.349 e. The number of anilines is 1. The highest BCUT2D eigenvalue weighted by Crippen LogP contribution is 2.18. The number of piperidine rings is 1. The molecule has 1 saturated heterocycles. The predicted octanol–water partition coefficient (Wildman–Crippen LogP) is 1.75. The first kappa shape index (κ1) is 14.6. The van der Waals surface area contributed by atoms with Gasteiger partial charge in [0.2, 0.25) is 5.95 Å². The van der Waals surface area contributed by atoms with Crippen molar-refractivity contribution in [2.75, 3.05) is 18.0 Å². The zero-order valence-corrected chi connectivity index (χ0v) is 13.1. The smallest absolute Gasteiger partial charge is 0.253 e. The van der Waals surface area contributed by atoms with E-state index in [-0.39, 0.29) is 11.9 Å². The Bertz CT molecular complexity index is 838. The number of hydrogen-bond acceptors (Lipinski definition) is 5. The minimum absolute atomic E-state index is 0.0562. The molecule has 24 heavy (non-hydrogen) atoms. The zero-order chi connectivity index (χ0) is 16.4. The second kappa shape index (κ2) is 6.27. The van der Waals surface area contributed by atoms with Crippen LogP contribution in [0.1, 0.15) is 23.2 Å². The highest BCUT2D eigenvalue weighted by Gasteiger charge is 2.23. The van der Waals surface area contributed by atoms with Crippen molar-refractivity contribution in [2.24, 2.45) is 0 Å². The van der Waals surface area contributed by atoms with Crippen molar-refractivity contribution in [2.45, 2.75) is 18.9 Å². The van der Waals surface area contributed by atoms with Crippen LogP contribution in [-0.4, -0.2) is 45.2 Å². The molecule has 0 unspecified atom stereocenters. The van der Waals surface area contributed by atoms with Gasteiger partial charge in [0, 0.05) is 36.9 Å². The second-order valence-corrected chi connectivity index (χ2v) is 5.92. The third-order valence-corrected chi connectivity index (χ3v) is 4.39. The molecule has 1 aromatic carbocycles. The molecule has 3 aromatic rings. The Morgan fingerprint density at radius 1 is 1.17 bits per heavy atom. The number of para-hydroxylation sites is 1. The van der Waals surface area contributed by atoms with Gasteiger partial charge in [0.25, 0.3) is 5.91 Å². The molecule has 1 fully saturated rings. The van der Waals surface area contributed by atoms with E-state index in [0.717, 1.165) is 42.8 Å². The molecule has 2 N–H and O–H groups in total. The summed E-state index contributed by atoms with van der Waals surface area (Å²) >= 11 is 0. The summed E-state index contributed by atoms with van der Waals surface area (Å²) in [4.78, 5) is 23.3. The van der Waals surface area contributed by atoms with Crippen LogP contribution in [0.2, 0.25) is 0 Å². The Kier molecular flexibility index (Phi) is 3.82. The molecule has 7 nitrogen and oxygen atoms in total. The van der Waals surface area contributed by atoms with E-state index >= 15 is 0 Å². The number of carbonyl (C=O) groups excluding carboxylic acids is 1. The summed E-state index contributed by atoms with van der Waals surface area (Å²) in [5.41, 5.74) is 1.42. The fourth-order valence-corrected chi connectivity index (χ4v) is 3.10. The minimum atomic E-state index is -0.0562. The lowest BCUT2D eigenvalue weighted by Crippen LogP contribution is -2.45. The van der Waals surface area contributed by atoms with Crippen LogP contribution in [0.5, 0.6) is 0 Å². The minimum Gasteiger partial charge on any atom is -0.349 e. The SMILES string of the molecule is O=C(NC1CCN(c2ncccn2)CC1)c1cccc2cn[nH]c12. The maximum Gasteiger partial charge on any atom is 0.253 e. The van der Waals surface area contributed by atoms with Gasteiger partial charge < -0.3 is 10.2 Å². The molecule has 2 aromatic heterocycles. The molecular weight excluding hydrogens is 304 g/mol. The Morgan fingerprint density at radius 3 is 2.75 bits per heavy atom. The number of nitrogens with zero attached hydrogens (tertiary/aromatic N) is 4. The van der Waals surface area contributed by atoms with E-state index in [1.165, 1.54) is 0 Å². The first-order valence-electron chi connectivity index (χ1n) is 8.06. The van der Waals surface area contributed by atoms with Gasteiger partial charge in [-0.25, -0.2) is 9.97 Å². The number of aromatic amines is 1. The van der Waals surface area contributed by atoms with Gasteiger partial charge >= 0.3 is 0 Å². The van der Waals surface area contributed by atoms with Gasteiger partial charge in [-0.15, -0.1) is 0 Å². The summed E-state index contributed by atoms with van der Waals surface area (Å²) in [6, 6.07) is 7.61. The third-order valence-electron chi connectivity index (χ3n) is 4.39. The van der Waals surface area contributed by atoms with Crippen LogP contribution in [0.25, 0.3) is 10.9 Å². The lowest BCUT2D eigenvalue weighted by atomic mass is 10.0. The van der Waals surface area contributed by atoms with Gasteiger partial charge in [0.1, 0.15) is 0 Å². The van der Waals surface area contributed by atoms with Crippen molar-refractivity contribution in [1.82, 2.24) is 25.5 Å². The summed E-state index contributed by atoms with van der Waals surface area (Å²) in [6.45, 7) is 1.67. The lowest BCUT2D eigenvalue weighted by Gasteiger charge is -2.32. The monoisotopic (exact) mass is 322 g/mol. The summed E-state index contributed by atoms with van der Waals surface area (Å²) in [5, 5.41) is 11.0. The van der Waals surface area contributed by atoms with Crippen LogP contribution in [0.3, 0.4) is 0 Å². The van der Waals surface area contributed by atoms with Crippen LogP contribution < -0.4 is 10.2 Å².